The third kappa shape index (κ3) is 5.23. The number of ether oxygens (including phenoxy) is 1. The zero-order valence-corrected chi connectivity index (χ0v) is 20.0. The maximum atomic E-state index is 15.1. The van der Waals surface area contributed by atoms with Crippen LogP contribution in [0.2, 0.25) is 0 Å². The molecule has 2 N–H and O–H groups in total. The van der Waals surface area contributed by atoms with Gasteiger partial charge in [-0.25, -0.2) is 13.6 Å². The first kappa shape index (κ1) is 26.8. The van der Waals surface area contributed by atoms with Crippen LogP contribution >= 0.6 is 0 Å². The van der Waals surface area contributed by atoms with Crippen LogP contribution in [0.4, 0.5) is 22.0 Å². The predicted molar refractivity (Wildman–Crippen MR) is 131 cm³/mol. The zero-order chi connectivity index (χ0) is 27.6. The first-order chi connectivity index (χ1) is 18.0. The minimum atomic E-state index is -4.91. The van der Waals surface area contributed by atoms with E-state index in [1.165, 1.54) is 25.3 Å². The number of rotatable bonds is 7. The van der Waals surface area contributed by atoms with E-state index in [4.69, 9.17) is 10.5 Å². The molecule has 38 heavy (non-hydrogen) atoms. The van der Waals surface area contributed by atoms with Crippen LogP contribution in [0.25, 0.3) is 11.1 Å². The van der Waals surface area contributed by atoms with Gasteiger partial charge in [-0.15, -0.1) is 0 Å². The third-order valence-electron chi connectivity index (χ3n) is 6.07. The van der Waals surface area contributed by atoms with Gasteiger partial charge in [-0.05, 0) is 23.8 Å². The quantitative estimate of drug-likeness (QED) is 0.350. The first-order valence-corrected chi connectivity index (χ1v) is 11.3. The van der Waals surface area contributed by atoms with Crippen LogP contribution in [0.15, 0.2) is 82.5 Å². The highest BCUT2D eigenvalue weighted by Crippen LogP contribution is 2.33. The van der Waals surface area contributed by atoms with Crippen molar-refractivity contribution in [3.8, 4) is 16.9 Å². The Morgan fingerprint density at radius 1 is 0.921 bits per heavy atom. The summed E-state index contributed by atoms with van der Waals surface area (Å²) in [6, 6.07) is 14.0. The molecule has 1 atom stereocenters. The summed E-state index contributed by atoms with van der Waals surface area (Å²) in [6.07, 6.45) is -3.99. The van der Waals surface area contributed by atoms with Gasteiger partial charge in [0.15, 0.2) is 11.6 Å². The molecule has 0 fully saturated rings. The van der Waals surface area contributed by atoms with Crippen molar-refractivity contribution >= 4 is 0 Å². The maximum Gasteiger partial charge on any atom is 0.416 e. The van der Waals surface area contributed by atoms with Crippen LogP contribution in [0.3, 0.4) is 0 Å². The Labute approximate surface area is 213 Å². The summed E-state index contributed by atoms with van der Waals surface area (Å²) in [5.74, 6) is -2.31. The molecule has 0 bridgehead atoms. The van der Waals surface area contributed by atoms with E-state index in [0.717, 1.165) is 22.9 Å². The Morgan fingerprint density at radius 2 is 1.61 bits per heavy atom. The van der Waals surface area contributed by atoms with Crippen molar-refractivity contribution in [2.45, 2.75) is 25.3 Å². The largest absolute Gasteiger partial charge is 0.494 e. The van der Waals surface area contributed by atoms with Gasteiger partial charge in [0.25, 0.3) is 5.56 Å². The normalized spacial score (nSPS) is 12.4. The molecule has 0 radical (unpaired) electrons. The minimum Gasteiger partial charge on any atom is -0.494 e. The molecule has 4 aromatic rings. The fourth-order valence-corrected chi connectivity index (χ4v) is 4.15. The van der Waals surface area contributed by atoms with Crippen LogP contribution in [-0.2, 0) is 19.3 Å². The fraction of sp³-hybridized carbons (Fsp3) is 0.185. The van der Waals surface area contributed by atoms with Crippen LogP contribution < -0.4 is 21.7 Å². The summed E-state index contributed by atoms with van der Waals surface area (Å²) >= 11 is 0. The molecule has 0 amide bonds. The summed E-state index contributed by atoms with van der Waals surface area (Å²) in [4.78, 5) is 26.8. The van der Waals surface area contributed by atoms with Crippen molar-refractivity contribution in [3.05, 3.63) is 122 Å². The Bertz CT molecular complexity index is 1580. The molecule has 0 spiro atoms. The molecule has 0 aliphatic carbocycles. The highest BCUT2D eigenvalue weighted by atomic mass is 19.4. The zero-order valence-electron chi connectivity index (χ0n) is 20.0. The van der Waals surface area contributed by atoms with Crippen molar-refractivity contribution in [2.75, 3.05) is 7.11 Å². The van der Waals surface area contributed by atoms with Gasteiger partial charge in [-0.2, -0.15) is 13.2 Å². The molecule has 1 heterocycles. The van der Waals surface area contributed by atoms with Crippen LogP contribution in [0.1, 0.15) is 22.7 Å². The Hall–Kier alpha value is -4.25. The van der Waals surface area contributed by atoms with Gasteiger partial charge in [0.2, 0.25) is 0 Å². The highest BCUT2D eigenvalue weighted by Gasteiger charge is 2.34. The lowest BCUT2D eigenvalue weighted by Gasteiger charge is -2.19. The van der Waals surface area contributed by atoms with Gasteiger partial charge >= 0.3 is 11.9 Å². The molecule has 0 aliphatic heterocycles. The topological polar surface area (TPSA) is 79.2 Å². The molecule has 1 aromatic heterocycles. The summed E-state index contributed by atoms with van der Waals surface area (Å²) in [5.41, 5.74) is 2.16. The lowest BCUT2D eigenvalue weighted by molar-refractivity contribution is -0.138. The lowest BCUT2D eigenvalue weighted by Crippen LogP contribution is -2.43. The molecule has 6 nitrogen and oxygen atoms in total. The number of halogens is 5. The number of hydrogen-bond donors (Lipinski definition) is 1. The Kier molecular flexibility index (Phi) is 7.49. The van der Waals surface area contributed by atoms with E-state index >= 15 is 4.39 Å². The second kappa shape index (κ2) is 10.6. The maximum absolute atomic E-state index is 15.1. The molecule has 0 aliphatic rings. The highest BCUT2D eigenvalue weighted by molar-refractivity contribution is 5.64. The average molecular weight is 531 g/mol. The molecule has 0 unspecified atom stereocenters. The molecular formula is C27H22F5N3O3. The van der Waals surface area contributed by atoms with E-state index < -0.39 is 52.8 Å². The number of alkyl halides is 3. The number of aromatic nitrogens is 2. The average Bonchev–Trinajstić information content (AvgIpc) is 2.89. The number of nitrogens with two attached hydrogens (primary N) is 1. The van der Waals surface area contributed by atoms with E-state index in [9.17, 15) is 27.2 Å². The summed E-state index contributed by atoms with van der Waals surface area (Å²) < 4.78 is 77.1. The second-order valence-electron chi connectivity index (χ2n) is 8.47. The molecule has 3 aromatic carbocycles. The number of nitrogens with zero attached hydrogens (tertiary/aromatic N) is 2. The van der Waals surface area contributed by atoms with Crippen molar-refractivity contribution in [1.82, 2.24) is 9.13 Å². The van der Waals surface area contributed by atoms with Gasteiger partial charge in [0.05, 0.1) is 31.3 Å². The van der Waals surface area contributed by atoms with Crippen molar-refractivity contribution in [1.29, 1.82) is 0 Å². The Morgan fingerprint density at radius 3 is 2.26 bits per heavy atom. The van der Waals surface area contributed by atoms with Crippen molar-refractivity contribution in [2.24, 2.45) is 5.73 Å². The minimum absolute atomic E-state index is 0.194. The first-order valence-electron chi connectivity index (χ1n) is 11.3. The molecular weight excluding hydrogens is 509 g/mol. The molecule has 4 rings (SSSR count). The van der Waals surface area contributed by atoms with Crippen LogP contribution in [0, 0.1) is 11.6 Å². The number of benzene rings is 3. The monoisotopic (exact) mass is 531 g/mol. The standard InChI is InChI=1S/C27H22F5N3O3/c1-38-23-12-5-9-17(24(23)29)18-13-34(14-19-20(27(30,31)32)10-6-11-21(19)28)26(37)35(25(18)36)15-22(33)16-7-3-2-4-8-16/h2-13,22H,14-15,33H2,1H3/t22-/m0/s1. The van der Waals surface area contributed by atoms with E-state index in [1.807, 2.05) is 0 Å². The third-order valence-corrected chi connectivity index (χ3v) is 6.07. The molecule has 0 saturated carbocycles. The number of hydrogen-bond acceptors (Lipinski definition) is 4. The summed E-state index contributed by atoms with van der Waals surface area (Å²) in [6.45, 7) is -1.25. The van der Waals surface area contributed by atoms with Crippen molar-refractivity contribution in [3.63, 3.8) is 0 Å². The van der Waals surface area contributed by atoms with E-state index in [2.05, 4.69) is 0 Å². The van der Waals surface area contributed by atoms with Gasteiger partial charge in [0.1, 0.15) is 5.82 Å². The SMILES string of the molecule is COc1cccc(-c2cn(Cc3c(F)cccc3C(F)(F)F)c(=O)n(C[C@H](N)c3ccccc3)c2=O)c1F. The van der Waals surface area contributed by atoms with Gasteiger partial charge in [-0.3, -0.25) is 13.9 Å². The molecule has 0 saturated heterocycles. The van der Waals surface area contributed by atoms with Gasteiger partial charge < -0.3 is 10.5 Å². The van der Waals surface area contributed by atoms with E-state index in [0.29, 0.717) is 16.2 Å². The van der Waals surface area contributed by atoms with Gasteiger partial charge in [0, 0.05) is 23.4 Å². The molecule has 198 valence electrons. The fourth-order valence-electron chi connectivity index (χ4n) is 4.15. The second-order valence-corrected chi connectivity index (χ2v) is 8.47. The van der Waals surface area contributed by atoms with Crippen LogP contribution in [-0.4, -0.2) is 16.2 Å². The smallest absolute Gasteiger partial charge is 0.416 e. The summed E-state index contributed by atoms with van der Waals surface area (Å²) in [5, 5.41) is 0. The molecule has 11 heteroatoms. The lowest BCUT2D eigenvalue weighted by atomic mass is 10.0. The van der Waals surface area contributed by atoms with Crippen LogP contribution in [0.5, 0.6) is 5.75 Å². The van der Waals surface area contributed by atoms with E-state index in [-0.39, 0.29) is 23.4 Å². The Balaban J connectivity index is 1.94. The van der Waals surface area contributed by atoms with E-state index in [1.54, 1.807) is 30.3 Å². The van der Waals surface area contributed by atoms with Crippen molar-refractivity contribution < 1.29 is 26.7 Å². The summed E-state index contributed by atoms with van der Waals surface area (Å²) in [7, 11) is 1.22. The predicted octanol–water partition coefficient (Wildman–Crippen LogP) is 4.73. The van der Waals surface area contributed by atoms with Gasteiger partial charge in [-0.1, -0.05) is 48.5 Å². The number of methoxy groups -OCH3 is 1.